The van der Waals surface area contributed by atoms with Crippen LogP contribution in [0.2, 0.25) is 0 Å². The average Bonchev–Trinajstić information content (AvgIpc) is 1.76. The highest BCUT2D eigenvalue weighted by molar-refractivity contribution is 4.79. The Balaban J connectivity index is 0.000000250. The quantitative estimate of drug-likeness (QED) is 0.458. The van der Waals surface area contributed by atoms with Gasteiger partial charge in [-0.1, -0.05) is 0 Å². The first-order valence-electron chi connectivity index (χ1n) is 1.47. The van der Waals surface area contributed by atoms with Crippen molar-refractivity contribution in [1.29, 1.82) is 0 Å². The highest BCUT2D eigenvalue weighted by Gasteiger charge is 1.58. The molecule has 0 N–H and O–H groups in total. The van der Waals surface area contributed by atoms with E-state index in [0.717, 1.165) is 0 Å². The van der Waals surface area contributed by atoms with E-state index in [-0.39, 0.29) is 7.43 Å². The Morgan fingerprint density at radius 3 is 1.67 bits per heavy atom. The van der Waals surface area contributed by atoms with Crippen molar-refractivity contribution in [3.8, 4) is 0 Å². The summed E-state index contributed by atoms with van der Waals surface area (Å²) in [6.07, 6.45) is 3.25. The number of rotatable bonds is 0. The predicted octanol–water partition coefficient (Wildman–Crippen LogP) is 1.36. The molecule has 1 heterocycles. The van der Waals surface area contributed by atoms with E-state index in [2.05, 4.69) is 4.42 Å². The predicted molar refractivity (Wildman–Crippen MR) is 22.0 cm³/mol. The van der Waals surface area contributed by atoms with Gasteiger partial charge in [-0.3, -0.25) is 0 Å². The van der Waals surface area contributed by atoms with Crippen molar-refractivity contribution in [2.75, 3.05) is 0 Å². The maximum Gasteiger partial charge on any atom is 0.0902 e. The van der Waals surface area contributed by atoms with Gasteiger partial charge in [-0.2, -0.15) is 0 Å². The van der Waals surface area contributed by atoms with E-state index >= 15 is 0 Å². The third-order valence-corrected chi connectivity index (χ3v) is 0.425. The lowest BCUT2D eigenvalue weighted by Gasteiger charge is -1.50. The fourth-order valence-corrected chi connectivity index (χ4v) is 0.227. The SMILES string of the molecule is [C].c1ccoc1. The van der Waals surface area contributed by atoms with E-state index in [4.69, 9.17) is 0 Å². The Hall–Kier alpha value is -0.720. The Kier molecular flexibility index (Phi) is 2.21. The molecule has 0 aromatic carbocycles. The van der Waals surface area contributed by atoms with Crippen LogP contribution >= 0.6 is 0 Å². The molecular formula is C5H4O. The fourth-order valence-electron chi connectivity index (χ4n) is 0.227. The van der Waals surface area contributed by atoms with Crippen LogP contribution in [0.5, 0.6) is 0 Å². The average molecular weight is 80.1 g/mol. The van der Waals surface area contributed by atoms with Crippen LogP contribution in [0, 0.1) is 7.43 Å². The summed E-state index contributed by atoms with van der Waals surface area (Å²) < 4.78 is 4.58. The number of hydrogen-bond acceptors (Lipinski definition) is 1. The van der Waals surface area contributed by atoms with Gasteiger partial charge in [-0.15, -0.1) is 0 Å². The van der Waals surface area contributed by atoms with Crippen LogP contribution < -0.4 is 0 Å². The van der Waals surface area contributed by atoms with E-state index in [1.165, 1.54) is 0 Å². The standard InChI is InChI=1S/C4H4O.C/c1-2-4-5-3-1;/h1-4H;. The zero-order chi connectivity index (χ0) is 3.54. The van der Waals surface area contributed by atoms with Gasteiger partial charge in [0.1, 0.15) is 0 Å². The molecule has 6 heavy (non-hydrogen) atoms. The summed E-state index contributed by atoms with van der Waals surface area (Å²) in [4.78, 5) is 0. The summed E-state index contributed by atoms with van der Waals surface area (Å²) >= 11 is 0. The molecule has 0 amide bonds. The summed E-state index contributed by atoms with van der Waals surface area (Å²) in [6.45, 7) is 0. The third kappa shape index (κ3) is 0.931. The fraction of sp³-hybridized carbons (Fsp3) is 0. The van der Waals surface area contributed by atoms with Crippen LogP contribution in [0.15, 0.2) is 29.1 Å². The van der Waals surface area contributed by atoms with Gasteiger partial charge in [0, 0.05) is 7.43 Å². The molecule has 0 aliphatic heterocycles. The maximum absolute atomic E-state index is 4.58. The highest BCUT2D eigenvalue weighted by Crippen LogP contribution is 1.79. The van der Waals surface area contributed by atoms with Gasteiger partial charge in [-0.25, -0.2) is 0 Å². The molecule has 0 saturated carbocycles. The van der Waals surface area contributed by atoms with Crippen LogP contribution in [0.3, 0.4) is 0 Å². The molecule has 1 nitrogen and oxygen atoms in total. The van der Waals surface area contributed by atoms with Gasteiger partial charge in [0.25, 0.3) is 0 Å². The van der Waals surface area contributed by atoms with Gasteiger partial charge < -0.3 is 4.42 Å². The largest absolute Gasteiger partial charge is 0.473 e. The Morgan fingerprint density at radius 1 is 1.00 bits per heavy atom. The Labute approximate surface area is 37.6 Å². The number of furan rings is 1. The smallest absolute Gasteiger partial charge is 0.0902 e. The maximum atomic E-state index is 4.58. The minimum absolute atomic E-state index is 0. The second-order valence-corrected chi connectivity index (χ2v) is 0.793. The first-order chi connectivity index (χ1) is 2.50. The van der Waals surface area contributed by atoms with E-state index in [9.17, 15) is 0 Å². The number of hydrogen-bond donors (Lipinski definition) is 0. The van der Waals surface area contributed by atoms with Gasteiger partial charge in [-0.05, 0) is 12.1 Å². The van der Waals surface area contributed by atoms with Crippen molar-refractivity contribution in [3.05, 3.63) is 32.1 Å². The van der Waals surface area contributed by atoms with Gasteiger partial charge >= 0.3 is 0 Å². The molecule has 4 radical (unpaired) electrons. The van der Waals surface area contributed by atoms with Crippen LogP contribution in [0.4, 0.5) is 0 Å². The normalized spacial score (nSPS) is 6.67. The molecule has 0 fully saturated rings. The molecule has 1 aromatic rings. The van der Waals surface area contributed by atoms with Crippen LogP contribution in [-0.2, 0) is 0 Å². The zero-order valence-corrected chi connectivity index (χ0v) is 3.22. The summed E-state index contributed by atoms with van der Waals surface area (Å²) in [5, 5.41) is 0. The summed E-state index contributed by atoms with van der Waals surface area (Å²) in [7, 11) is 0. The topological polar surface area (TPSA) is 13.1 Å². The molecule has 0 bridgehead atoms. The summed E-state index contributed by atoms with van der Waals surface area (Å²) in [5.74, 6) is 0. The Morgan fingerprint density at radius 2 is 1.50 bits per heavy atom. The third-order valence-electron chi connectivity index (χ3n) is 0.425. The molecule has 1 aromatic heterocycles. The van der Waals surface area contributed by atoms with Crippen LogP contribution in [-0.4, -0.2) is 0 Å². The summed E-state index contributed by atoms with van der Waals surface area (Å²) in [5.41, 5.74) is 0. The molecule has 0 spiro atoms. The van der Waals surface area contributed by atoms with Crippen molar-refractivity contribution in [2.45, 2.75) is 0 Å². The molecule has 0 atom stereocenters. The van der Waals surface area contributed by atoms with E-state index < -0.39 is 0 Å². The van der Waals surface area contributed by atoms with Crippen molar-refractivity contribution < 1.29 is 4.42 Å². The molecule has 1 heteroatoms. The second kappa shape index (κ2) is 2.51. The van der Waals surface area contributed by atoms with E-state index in [1.54, 1.807) is 12.5 Å². The summed E-state index contributed by atoms with van der Waals surface area (Å²) in [6, 6.07) is 3.67. The van der Waals surface area contributed by atoms with E-state index in [0.29, 0.717) is 0 Å². The van der Waals surface area contributed by atoms with Crippen molar-refractivity contribution >= 4 is 0 Å². The lowest BCUT2D eigenvalue weighted by atomic mass is 10.7. The van der Waals surface area contributed by atoms with Gasteiger partial charge in [0.2, 0.25) is 0 Å². The molecule has 0 saturated heterocycles. The first-order valence-corrected chi connectivity index (χ1v) is 1.47. The molecule has 30 valence electrons. The second-order valence-electron chi connectivity index (χ2n) is 0.793. The Bertz CT molecular complexity index is 60.4. The van der Waals surface area contributed by atoms with E-state index in [1.807, 2.05) is 12.1 Å². The van der Waals surface area contributed by atoms with Crippen LogP contribution in [0.25, 0.3) is 0 Å². The minimum Gasteiger partial charge on any atom is -0.473 e. The van der Waals surface area contributed by atoms with Gasteiger partial charge in [0.15, 0.2) is 0 Å². The molecule has 0 unspecified atom stereocenters. The minimum atomic E-state index is 0. The highest BCUT2D eigenvalue weighted by atomic mass is 16.3. The lowest BCUT2D eigenvalue weighted by molar-refractivity contribution is 0.567. The van der Waals surface area contributed by atoms with Gasteiger partial charge in [0.05, 0.1) is 12.5 Å². The van der Waals surface area contributed by atoms with Crippen molar-refractivity contribution in [2.24, 2.45) is 0 Å². The molecule has 0 aliphatic rings. The molecular weight excluding hydrogens is 76.1 g/mol. The zero-order valence-electron chi connectivity index (χ0n) is 3.22. The van der Waals surface area contributed by atoms with Crippen molar-refractivity contribution in [3.63, 3.8) is 0 Å². The monoisotopic (exact) mass is 80.0 g/mol. The van der Waals surface area contributed by atoms with Crippen LogP contribution in [0.1, 0.15) is 0 Å². The lowest BCUT2D eigenvalue weighted by Crippen LogP contribution is -1.16. The first kappa shape index (κ1) is 5.28. The molecule has 0 aliphatic carbocycles. The molecule has 1 rings (SSSR count). The van der Waals surface area contributed by atoms with Crippen molar-refractivity contribution in [1.82, 2.24) is 0 Å².